The minimum absolute atomic E-state index is 0.169. The van der Waals surface area contributed by atoms with Crippen molar-refractivity contribution in [1.29, 1.82) is 5.26 Å². The van der Waals surface area contributed by atoms with Gasteiger partial charge in [0, 0.05) is 11.4 Å². The molecule has 0 N–H and O–H groups in total. The Kier molecular flexibility index (Phi) is 5.50. The Morgan fingerprint density at radius 1 is 1.05 bits per heavy atom. The summed E-state index contributed by atoms with van der Waals surface area (Å²) in [6, 6.07) is 20.6. The summed E-state index contributed by atoms with van der Waals surface area (Å²) < 4.78 is 0.184. The van der Waals surface area contributed by atoms with Crippen molar-refractivity contribution in [3.8, 4) is 6.07 Å². The summed E-state index contributed by atoms with van der Waals surface area (Å²) in [5.74, 6) is -0.121. The van der Waals surface area contributed by atoms with Crippen molar-refractivity contribution in [1.82, 2.24) is 0 Å². The maximum absolute atomic E-state index is 12.6. The van der Waals surface area contributed by atoms with E-state index in [4.69, 9.17) is 17.5 Å². The number of hydrogen-bond acceptors (Lipinski definition) is 4. The van der Waals surface area contributed by atoms with Crippen molar-refractivity contribution in [3.63, 3.8) is 0 Å². The molecule has 0 aromatic heterocycles. The minimum Gasteiger partial charge on any atom is -0.276 e. The third kappa shape index (κ3) is 3.91. The molecule has 0 heterocycles. The smallest absolute Gasteiger partial charge is 0.276 e. The van der Waals surface area contributed by atoms with Crippen LogP contribution >= 0.6 is 24.0 Å². The van der Waals surface area contributed by atoms with E-state index in [1.165, 1.54) is 0 Å². The minimum atomic E-state index is -0.289. The molecule has 21 heavy (non-hydrogen) atoms. The summed E-state index contributed by atoms with van der Waals surface area (Å²) in [6.45, 7) is 0. The monoisotopic (exact) mass is 312 g/mol. The zero-order valence-electron chi connectivity index (χ0n) is 11.1. The molecule has 0 aliphatic carbocycles. The normalized spacial score (nSPS) is 9.67. The van der Waals surface area contributed by atoms with Crippen LogP contribution in [0.3, 0.4) is 0 Å². The summed E-state index contributed by atoms with van der Waals surface area (Å²) in [5, 5.41) is 8.61. The highest BCUT2D eigenvalue weighted by Crippen LogP contribution is 2.26. The molecule has 2 aromatic carbocycles. The van der Waals surface area contributed by atoms with Gasteiger partial charge in [0.2, 0.25) is 0 Å². The lowest BCUT2D eigenvalue weighted by atomic mass is 10.2. The highest BCUT2D eigenvalue weighted by molar-refractivity contribution is 8.25. The van der Waals surface area contributed by atoms with Crippen molar-refractivity contribution in [2.75, 3.05) is 10.7 Å². The fourth-order valence-corrected chi connectivity index (χ4v) is 2.47. The lowest BCUT2D eigenvalue weighted by Gasteiger charge is -2.22. The Labute approximate surface area is 133 Å². The number of thiocarbonyl (C=S) groups is 1. The predicted octanol–water partition coefficient (Wildman–Crippen LogP) is 3.94. The number of benzene rings is 2. The second-order valence-corrected chi connectivity index (χ2v) is 5.70. The molecule has 0 bridgehead atoms. The number of thioether (sulfide) groups is 1. The molecule has 0 saturated carbocycles. The SMILES string of the molecule is N#CCSC(=S)C(=O)N(c1ccccc1)c1ccccc1. The van der Waals surface area contributed by atoms with E-state index in [0.717, 1.165) is 23.1 Å². The van der Waals surface area contributed by atoms with E-state index in [0.29, 0.717) is 0 Å². The number of hydrogen-bond donors (Lipinski definition) is 0. The number of rotatable bonds is 3. The fourth-order valence-electron chi connectivity index (χ4n) is 1.79. The van der Waals surface area contributed by atoms with Gasteiger partial charge >= 0.3 is 0 Å². The van der Waals surface area contributed by atoms with Gasteiger partial charge in [0.1, 0.15) is 4.20 Å². The second kappa shape index (κ2) is 7.58. The molecule has 0 aliphatic rings. The average molecular weight is 312 g/mol. The fraction of sp³-hybridized carbons (Fsp3) is 0.0625. The molecule has 2 aromatic rings. The molecule has 3 nitrogen and oxygen atoms in total. The van der Waals surface area contributed by atoms with Crippen molar-refractivity contribution in [3.05, 3.63) is 60.7 Å². The summed E-state index contributed by atoms with van der Waals surface area (Å²) in [7, 11) is 0. The molecular weight excluding hydrogens is 300 g/mol. The molecule has 0 aliphatic heterocycles. The van der Waals surface area contributed by atoms with E-state index in [9.17, 15) is 4.79 Å². The van der Waals surface area contributed by atoms with Crippen molar-refractivity contribution in [2.24, 2.45) is 0 Å². The van der Waals surface area contributed by atoms with Gasteiger partial charge in [0.25, 0.3) is 5.91 Å². The molecule has 0 atom stereocenters. The van der Waals surface area contributed by atoms with E-state index in [2.05, 4.69) is 0 Å². The molecule has 1 amide bonds. The van der Waals surface area contributed by atoms with Crippen LogP contribution in [0.2, 0.25) is 0 Å². The summed E-state index contributed by atoms with van der Waals surface area (Å²) >= 11 is 6.22. The highest BCUT2D eigenvalue weighted by Gasteiger charge is 2.21. The summed E-state index contributed by atoms with van der Waals surface area (Å²) in [4.78, 5) is 14.2. The zero-order valence-corrected chi connectivity index (χ0v) is 12.7. The number of nitrogens with zero attached hydrogens (tertiary/aromatic N) is 2. The molecule has 104 valence electrons. The predicted molar refractivity (Wildman–Crippen MR) is 90.7 cm³/mol. The van der Waals surface area contributed by atoms with E-state index in [1.54, 1.807) is 4.90 Å². The molecular formula is C16H12N2OS2. The Balaban J connectivity index is 2.36. The number of para-hydroxylation sites is 2. The maximum Gasteiger partial charge on any atom is 0.280 e. The quantitative estimate of drug-likeness (QED) is 0.805. The van der Waals surface area contributed by atoms with Gasteiger partial charge in [-0.15, -0.1) is 0 Å². The summed E-state index contributed by atoms with van der Waals surface area (Å²) in [5.41, 5.74) is 1.49. The third-order valence-corrected chi connectivity index (χ3v) is 3.91. The standard InChI is InChI=1S/C16H12N2OS2/c17-11-12-21-16(20)15(19)18(13-7-3-1-4-8-13)14-9-5-2-6-10-14/h1-10H,12H2. The highest BCUT2D eigenvalue weighted by atomic mass is 32.2. The van der Waals surface area contributed by atoms with E-state index in [-0.39, 0.29) is 15.9 Å². The molecule has 0 fully saturated rings. The lowest BCUT2D eigenvalue weighted by molar-refractivity contribution is -0.111. The first-order valence-corrected chi connectivity index (χ1v) is 7.61. The van der Waals surface area contributed by atoms with Crippen LogP contribution < -0.4 is 4.90 Å². The van der Waals surface area contributed by atoms with Gasteiger partial charge < -0.3 is 0 Å². The van der Waals surface area contributed by atoms with Crippen molar-refractivity contribution >= 4 is 45.5 Å². The van der Waals surface area contributed by atoms with Gasteiger partial charge in [-0.05, 0) is 24.3 Å². The largest absolute Gasteiger partial charge is 0.280 e. The van der Waals surface area contributed by atoms with E-state index >= 15 is 0 Å². The lowest BCUT2D eigenvalue weighted by Crippen LogP contribution is -2.30. The first kappa shape index (κ1) is 15.2. The van der Waals surface area contributed by atoms with Gasteiger partial charge in [0.05, 0.1) is 11.8 Å². The Bertz CT molecular complexity index is 626. The van der Waals surface area contributed by atoms with Crippen molar-refractivity contribution in [2.45, 2.75) is 0 Å². The van der Waals surface area contributed by atoms with Crippen LogP contribution in [0, 0.1) is 11.3 Å². The van der Waals surface area contributed by atoms with E-state index < -0.39 is 0 Å². The van der Waals surface area contributed by atoms with Crippen molar-refractivity contribution < 1.29 is 4.79 Å². The number of nitriles is 1. The number of carbonyl (C=O) groups excluding carboxylic acids is 1. The number of carbonyl (C=O) groups is 1. The van der Waals surface area contributed by atoms with Crippen LogP contribution in [0.5, 0.6) is 0 Å². The zero-order chi connectivity index (χ0) is 15.1. The Hall–Kier alpha value is -2.16. The van der Waals surface area contributed by atoms with Crippen LogP contribution in [0.1, 0.15) is 0 Å². The Morgan fingerprint density at radius 3 is 1.95 bits per heavy atom. The average Bonchev–Trinajstić information content (AvgIpc) is 2.54. The molecule has 5 heteroatoms. The summed E-state index contributed by atoms with van der Waals surface area (Å²) in [6.07, 6.45) is 0. The molecule has 0 unspecified atom stereocenters. The van der Waals surface area contributed by atoms with Crippen LogP contribution in [-0.4, -0.2) is 15.9 Å². The van der Waals surface area contributed by atoms with Gasteiger partial charge in [0.15, 0.2) is 0 Å². The molecule has 0 saturated heterocycles. The molecule has 0 radical (unpaired) electrons. The first-order valence-electron chi connectivity index (χ1n) is 6.22. The van der Waals surface area contributed by atoms with Gasteiger partial charge in [-0.1, -0.05) is 60.4 Å². The van der Waals surface area contributed by atoms with Crippen LogP contribution in [0.15, 0.2) is 60.7 Å². The first-order chi connectivity index (χ1) is 10.2. The second-order valence-electron chi connectivity index (χ2n) is 4.05. The van der Waals surface area contributed by atoms with Crippen LogP contribution in [0.25, 0.3) is 0 Å². The maximum atomic E-state index is 12.6. The van der Waals surface area contributed by atoms with Gasteiger partial charge in [-0.25, -0.2) is 0 Å². The van der Waals surface area contributed by atoms with Crippen LogP contribution in [0.4, 0.5) is 11.4 Å². The van der Waals surface area contributed by atoms with Gasteiger partial charge in [-0.3, -0.25) is 9.69 Å². The molecule has 0 spiro atoms. The Morgan fingerprint density at radius 2 is 1.52 bits per heavy atom. The van der Waals surface area contributed by atoms with Gasteiger partial charge in [-0.2, -0.15) is 5.26 Å². The van der Waals surface area contributed by atoms with E-state index in [1.807, 2.05) is 66.7 Å². The molecule has 2 rings (SSSR count). The number of amides is 1. The third-order valence-electron chi connectivity index (χ3n) is 2.67. The topological polar surface area (TPSA) is 44.1 Å². The number of anilines is 2. The van der Waals surface area contributed by atoms with Crippen LogP contribution in [-0.2, 0) is 4.79 Å².